The molecule has 0 aliphatic rings. The van der Waals surface area contributed by atoms with Gasteiger partial charge in [-0.25, -0.2) is 9.87 Å². The summed E-state index contributed by atoms with van der Waals surface area (Å²) in [7, 11) is 0. The fraction of sp³-hybridized carbons (Fsp3) is 0.250. The zero-order chi connectivity index (χ0) is 9.14. The summed E-state index contributed by atoms with van der Waals surface area (Å²) in [6, 6.07) is 2.79. The van der Waals surface area contributed by atoms with E-state index in [4.69, 9.17) is 5.21 Å². The van der Waals surface area contributed by atoms with Crippen molar-refractivity contribution < 1.29 is 9.60 Å². The van der Waals surface area contributed by atoms with Crippen LogP contribution in [0.2, 0.25) is 0 Å². The molecule has 1 rings (SSSR count). The third kappa shape index (κ3) is 2.03. The minimum Gasteiger partial charge on any atom is -0.316 e. The van der Waals surface area contributed by atoms with Gasteiger partial charge in [-0.2, -0.15) is 0 Å². The van der Waals surface area contributed by atoms with Gasteiger partial charge >= 0.3 is 0 Å². The zero-order valence-electron chi connectivity index (χ0n) is 6.56. The van der Waals surface area contributed by atoms with Crippen LogP contribution >= 0.6 is 15.9 Å². The van der Waals surface area contributed by atoms with Crippen LogP contribution in [0, 0.1) is 12.7 Å². The maximum atomic E-state index is 12.8. The predicted octanol–water partition coefficient (Wildman–Crippen LogP) is 2.38. The van der Waals surface area contributed by atoms with Crippen molar-refractivity contribution in [2.75, 3.05) is 0 Å². The first kappa shape index (κ1) is 9.64. The second kappa shape index (κ2) is 3.98. The van der Waals surface area contributed by atoms with Gasteiger partial charge in [-0.1, -0.05) is 15.9 Å². The SMILES string of the molecule is Cc1c(Br)cc(F)cc1CNO. The number of hydroxylamine groups is 1. The van der Waals surface area contributed by atoms with Crippen LogP contribution in [0.3, 0.4) is 0 Å². The van der Waals surface area contributed by atoms with Crippen molar-refractivity contribution >= 4 is 15.9 Å². The van der Waals surface area contributed by atoms with E-state index >= 15 is 0 Å². The Bertz CT molecular complexity index is 291. The van der Waals surface area contributed by atoms with Crippen molar-refractivity contribution in [2.24, 2.45) is 0 Å². The Morgan fingerprint density at radius 3 is 2.83 bits per heavy atom. The molecule has 0 heterocycles. The Balaban J connectivity index is 3.09. The van der Waals surface area contributed by atoms with Gasteiger partial charge in [0, 0.05) is 11.0 Å². The van der Waals surface area contributed by atoms with Crippen LogP contribution in [-0.4, -0.2) is 5.21 Å². The molecular formula is C8H9BrFNO. The Labute approximate surface area is 78.5 Å². The van der Waals surface area contributed by atoms with E-state index in [1.807, 2.05) is 12.4 Å². The molecule has 0 bridgehead atoms. The van der Waals surface area contributed by atoms with Crippen molar-refractivity contribution in [3.63, 3.8) is 0 Å². The maximum Gasteiger partial charge on any atom is 0.124 e. The van der Waals surface area contributed by atoms with E-state index in [-0.39, 0.29) is 12.4 Å². The average molecular weight is 234 g/mol. The lowest BCUT2D eigenvalue weighted by Gasteiger charge is -2.06. The highest BCUT2D eigenvalue weighted by molar-refractivity contribution is 9.10. The van der Waals surface area contributed by atoms with Crippen molar-refractivity contribution in [3.05, 3.63) is 33.5 Å². The fourth-order valence-electron chi connectivity index (χ4n) is 0.968. The van der Waals surface area contributed by atoms with E-state index in [2.05, 4.69) is 15.9 Å². The molecule has 2 nitrogen and oxygen atoms in total. The van der Waals surface area contributed by atoms with Gasteiger partial charge in [0.15, 0.2) is 0 Å². The normalized spacial score (nSPS) is 10.3. The molecule has 1 aromatic carbocycles. The van der Waals surface area contributed by atoms with Crippen LogP contribution < -0.4 is 5.48 Å². The highest BCUT2D eigenvalue weighted by Crippen LogP contribution is 2.21. The number of rotatable bonds is 2. The lowest BCUT2D eigenvalue weighted by Crippen LogP contribution is -2.08. The van der Waals surface area contributed by atoms with E-state index in [9.17, 15) is 4.39 Å². The lowest BCUT2D eigenvalue weighted by molar-refractivity contribution is 0.161. The van der Waals surface area contributed by atoms with Crippen molar-refractivity contribution in [3.8, 4) is 0 Å². The Hall–Kier alpha value is -0.450. The number of hydrogen-bond donors (Lipinski definition) is 2. The van der Waals surface area contributed by atoms with E-state index < -0.39 is 0 Å². The van der Waals surface area contributed by atoms with E-state index in [1.54, 1.807) is 0 Å². The number of hydrogen-bond acceptors (Lipinski definition) is 2. The largest absolute Gasteiger partial charge is 0.316 e. The second-order valence-electron chi connectivity index (χ2n) is 2.51. The molecule has 0 fully saturated rings. The molecule has 1 aromatic rings. The number of halogens is 2. The molecule has 66 valence electrons. The predicted molar refractivity (Wildman–Crippen MR) is 47.5 cm³/mol. The second-order valence-corrected chi connectivity index (χ2v) is 3.36. The van der Waals surface area contributed by atoms with Crippen LogP contribution in [0.4, 0.5) is 4.39 Å². The van der Waals surface area contributed by atoms with Crippen LogP contribution in [0.1, 0.15) is 11.1 Å². The molecule has 0 atom stereocenters. The van der Waals surface area contributed by atoms with E-state index in [1.165, 1.54) is 12.1 Å². The van der Waals surface area contributed by atoms with Crippen LogP contribution in [-0.2, 0) is 6.54 Å². The molecule has 4 heteroatoms. The highest BCUT2D eigenvalue weighted by Gasteiger charge is 2.04. The van der Waals surface area contributed by atoms with Gasteiger partial charge in [-0.05, 0) is 30.2 Å². The minimum absolute atomic E-state index is 0.252. The first-order valence-electron chi connectivity index (χ1n) is 3.46. The lowest BCUT2D eigenvalue weighted by atomic mass is 10.1. The van der Waals surface area contributed by atoms with Gasteiger partial charge in [-0.15, -0.1) is 0 Å². The zero-order valence-corrected chi connectivity index (χ0v) is 8.15. The number of nitrogens with one attached hydrogen (secondary N) is 1. The summed E-state index contributed by atoms with van der Waals surface area (Å²) in [5.41, 5.74) is 3.66. The molecule has 0 spiro atoms. The Kier molecular flexibility index (Phi) is 3.20. The summed E-state index contributed by atoms with van der Waals surface area (Å²) < 4.78 is 13.5. The van der Waals surface area contributed by atoms with Gasteiger partial charge in [0.05, 0.1) is 0 Å². The molecule has 0 saturated carbocycles. The third-order valence-corrected chi connectivity index (χ3v) is 2.51. The quantitative estimate of drug-likeness (QED) is 0.770. The summed E-state index contributed by atoms with van der Waals surface area (Å²) in [4.78, 5) is 0. The van der Waals surface area contributed by atoms with Gasteiger partial charge in [0.2, 0.25) is 0 Å². The molecule has 0 aliphatic heterocycles. The monoisotopic (exact) mass is 233 g/mol. The van der Waals surface area contributed by atoms with Crippen molar-refractivity contribution in [1.82, 2.24) is 5.48 Å². The standard InChI is InChI=1S/C8H9BrFNO/c1-5-6(4-11-12)2-7(10)3-8(5)9/h2-3,11-12H,4H2,1H3. The molecular weight excluding hydrogens is 225 g/mol. The summed E-state index contributed by atoms with van der Waals surface area (Å²) in [5.74, 6) is -0.308. The van der Waals surface area contributed by atoms with Crippen LogP contribution in [0.25, 0.3) is 0 Å². The molecule has 2 N–H and O–H groups in total. The first-order valence-corrected chi connectivity index (χ1v) is 4.26. The molecule has 0 amide bonds. The summed E-state index contributed by atoms with van der Waals surface area (Å²) in [6.45, 7) is 2.11. The van der Waals surface area contributed by atoms with Crippen molar-refractivity contribution in [1.29, 1.82) is 0 Å². The molecule has 0 aromatic heterocycles. The minimum atomic E-state index is -0.308. The summed E-state index contributed by atoms with van der Waals surface area (Å²) >= 11 is 3.22. The van der Waals surface area contributed by atoms with Gasteiger partial charge in [-0.3, -0.25) is 0 Å². The molecule has 0 radical (unpaired) electrons. The molecule has 12 heavy (non-hydrogen) atoms. The first-order chi connectivity index (χ1) is 5.65. The number of benzene rings is 1. The van der Waals surface area contributed by atoms with Gasteiger partial charge in [0.1, 0.15) is 5.82 Å². The van der Waals surface area contributed by atoms with E-state index in [0.717, 1.165) is 11.1 Å². The van der Waals surface area contributed by atoms with Crippen LogP contribution in [0.5, 0.6) is 0 Å². The Morgan fingerprint density at radius 2 is 2.25 bits per heavy atom. The topological polar surface area (TPSA) is 32.3 Å². The molecule has 0 saturated heterocycles. The Morgan fingerprint density at radius 1 is 1.58 bits per heavy atom. The smallest absolute Gasteiger partial charge is 0.124 e. The third-order valence-electron chi connectivity index (χ3n) is 1.69. The fourth-order valence-corrected chi connectivity index (χ4v) is 1.44. The summed E-state index contributed by atoms with van der Waals surface area (Å²) in [5, 5.41) is 8.44. The molecule has 0 unspecified atom stereocenters. The summed E-state index contributed by atoms with van der Waals surface area (Å²) in [6.07, 6.45) is 0. The average Bonchev–Trinajstić information content (AvgIpc) is 2.00. The molecule has 0 aliphatic carbocycles. The van der Waals surface area contributed by atoms with E-state index in [0.29, 0.717) is 4.47 Å². The highest BCUT2D eigenvalue weighted by atomic mass is 79.9. The van der Waals surface area contributed by atoms with Crippen LogP contribution in [0.15, 0.2) is 16.6 Å². The van der Waals surface area contributed by atoms with Gasteiger partial charge < -0.3 is 5.21 Å². The van der Waals surface area contributed by atoms with Gasteiger partial charge in [0.25, 0.3) is 0 Å². The van der Waals surface area contributed by atoms with Crippen molar-refractivity contribution in [2.45, 2.75) is 13.5 Å². The maximum absolute atomic E-state index is 12.8.